The van der Waals surface area contributed by atoms with Gasteiger partial charge in [0.05, 0.1) is 0 Å². The van der Waals surface area contributed by atoms with Gasteiger partial charge in [-0.05, 0) is 51.3 Å². The topological polar surface area (TPSA) is 21.3 Å². The molecule has 21 heavy (non-hydrogen) atoms. The van der Waals surface area contributed by atoms with E-state index in [4.69, 9.17) is 4.74 Å². The lowest BCUT2D eigenvalue weighted by molar-refractivity contribution is -0.0861. The van der Waals surface area contributed by atoms with E-state index in [1.807, 2.05) is 0 Å². The number of rotatable bonds is 7. The van der Waals surface area contributed by atoms with Gasteiger partial charge < -0.3 is 10.1 Å². The highest BCUT2D eigenvalue weighted by Crippen LogP contribution is 2.49. The molecule has 0 amide bonds. The van der Waals surface area contributed by atoms with Crippen molar-refractivity contribution in [2.75, 3.05) is 6.54 Å². The molecule has 1 N–H and O–H groups in total. The second-order valence-electron chi connectivity index (χ2n) is 6.56. The highest BCUT2D eigenvalue weighted by atomic mass is 16.5. The monoisotopic (exact) mass is 289 g/mol. The van der Waals surface area contributed by atoms with Gasteiger partial charge in [0.1, 0.15) is 11.9 Å². The molecule has 1 fully saturated rings. The quantitative estimate of drug-likeness (QED) is 0.790. The van der Waals surface area contributed by atoms with E-state index in [2.05, 4.69) is 58.1 Å². The zero-order valence-electron chi connectivity index (χ0n) is 14.3. The number of benzene rings is 1. The van der Waals surface area contributed by atoms with Crippen molar-refractivity contribution in [3.8, 4) is 5.75 Å². The fraction of sp³-hybridized carbons (Fsp3) is 0.684. The van der Waals surface area contributed by atoms with Gasteiger partial charge in [-0.2, -0.15) is 0 Å². The number of aryl methyl sites for hydroxylation is 2. The molecule has 0 heterocycles. The maximum absolute atomic E-state index is 6.40. The van der Waals surface area contributed by atoms with Crippen LogP contribution in [0.4, 0.5) is 0 Å². The van der Waals surface area contributed by atoms with E-state index < -0.39 is 0 Å². The molecular formula is C19H31NO. The summed E-state index contributed by atoms with van der Waals surface area (Å²) in [7, 11) is 0. The first-order valence-corrected chi connectivity index (χ1v) is 8.54. The molecule has 2 nitrogen and oxygen atoms in total. The predicted molar refractivity (Wildman–Crippen MR) is 90.0 cm³/mol. The third-order valence-corrected chi connectivity index (χ3v) is 5.34. The van der Waals surface area contributed by atoms with Crippen molar-refractivity contribution in [2.24, 2.45) is 5.41 Å². The van der Waals surface area contributed by atoms with Crippen molar-refractivity contribution < 1.29 is 4.74 Å². The molecule has 1 aromatic rings. The summed E-state index contributed by atoms with van der Waals surface area (Å²) in [5.74, 6) is 1.06. The van der Waals surface area contributed by atoms with Crippen molar-refractivity contribution in [1.82, 2.24) is 5.32 Å². The van der Waals surface area contributed by atoms with Gasteiger partial charge >= 0.3 is 0 Å². The van der Waals surface area contributed by atoms with Crippen LogP contribution in [0, 0.1) is 19.3 Å². The number of ether oxygens (including phenoxy) is 1. The minimum Gasteiger partial charge on any atom is -0.489 e. The van der Waals surface area contributed by atoms with Gasteiger partial charge in [-0.3, -0.25) is 0 Å². The molecule has 0 aromatic heterocycles. The molecule has 1 aromatic carbocycles. The summed E-state index contributed by atoms with van der Waals surface area (Å²) in [4.78, 5) is 0. The molecule has 0 bridgehead atoms. The van der Waals surface area contributed by atoms with Crippen LogP contribution < -0.4 is 10.1 Å². The van der Waals surface area contributed by atoms with Crippen molar-refractivity contribution in [1.29, 1.82) is 0 Å². The standard InChI is InChI=1S/C19H31NO/c1-6-11-20-17-13-18(19(17,7-2)8-3)21-16-10-9-14(4)12-15(16)5/h9-10,12,17-18,20H,6-8,11,13H2,1-5H3. The highest BCUT2D eigenvalue weighted by molar-refractivity contribution is 5.36. The van der Waals surface area contributed by atoms with Crippen LogP contribution in [0.5, 0.6) is 5.75 Å². The lowest BCUT2D eigenvalue weighted by atomic mass is 9.58. The van der Waals surface area contributed by atoms with Crippen molar-refractivity contribution in [3.05, 3.63) is 29.3 Å². The molecule has 1 aliphatic rings. The largest absolute Gasteiger partial charge is 0.489 e. The average molecular weight is 289 g/mol. The number of hydrogen-bond acceptors (Lipinski definition) is 2. The molecule has 1 saturated carbocycles. The first-order valence-electron chi connectivity index (χ1n) is 8.54. The van der Waals surface area contributed by atoms with Gasteiger partial charge in [0.25, 0.3) is 0 Å². The number of hydrogen-bond donors (Lipinski definition) is 1. The summed E-state index contributed by atoms with van der Waals surface area (Å²) >= 11 is 0. The van der Waals surface area contributed by atoms with E-state index >= 15 is 0 Å². The highest BCUT2D eigenvalue weighted by Gasteiger charge is 2.53. The van der Waals surface area contributed by atoms with Crippen molar-refractivity contribution in [2.45, 2.75) is 72.4 Å². The van der Waals surface area contributed by atoms with Crippen LogP contribution >= 0.6 is 0 Å². The fourth-order valence-electron chi connectivity index (χ4n) is 3.80. The molecule has 2 atom stereocenters. The minimum absolute atomic E-state index is 0.298. The summed E-state index contributed by atoms with van der Waals surface area (Å²) < 4.78 is 6.40. The lowest BCUT2D eigenvalue weighted by Crippen LogP contribution is -2.64. The average Bonchev–Trinajstić information content (AvgIpc) is 2.45. The van der Waals surface area contributed by atoms with Gasteiger partial charge in [-0.25, -0.2) is 0 Å². The van der Waals surface area contributed by atoms with E-state index in [9.17, 15) is 0 Å². The summed E-state index contributed by atoms with van der Waals surface area (Å²) in [5, 5.41) is 3.72. The molecule has 2 heteroatoms. The predicted octanol–water partition coefficient (Wildman–Crippen LogP) is 4.63. The Morgan fingerprint density at radius 2 is 1.90 bits per heavy atom. The number of nitrogens with one attached hydrogen (secondary N) is 1. The lowest BCUT2D eigenvalue weighted by Gasteiger charge is -2.55. The van der Waals surface area contributed by atoms with E-state index in [0.29, 0.717) is 17.6 Å². The van der Waals surface area contributed by atoms with Crippen molar-refractivity contribution in [3.63, 3.8) is 0 Å². The third kappa shape index (κ3) is 3.11. The van der Waals surface area contributed by atoms with Gasteiger partial charge in [-0.1, -0.05) is 38.5 Å². The Hall–Kier alpha value is -1.02. The maximum Gasteiger partial charge on any atom is 0.122 e. The van der Waals surface area contributed by atoms with Crippen LogP contribution in [0.3, 0.4) is 0 Å². The van der Waals surface area contributed by atoms with E-state index in [0.717, 1.165) is 18.7 Å². The van der Waals surface area contributed by atoms with Crippen molar-refractivity contribution >= 4 is 0 Å². The SMILES string of the molecule is CCCNC1CC(Oc2ccc(C)cc2C)C1(CC)CC. The molecule has 0 saturated heterocycles. The summed E-state index contributed by atoms with van der Waals surface area (Å²) in [5.41, 5.74) is 2.85. The second kappa shape index (κ2) is 6.83. The molecular weight excluding hydrogens is 258 g/mol. The van der Waals surface area contributed by atoms with Gasteiger partial charge in [0.2, 0.25) is 0 Å². The molecule has 1 aliphatic carbocycles. The minimum atomic E-state index is 0.298. The van der Waals surface area contributed by atoms with E-state index in [-0.39, 0.29) is 0 Å². The Bertz CT molecular complexity index is 465. The Balaban J connectivity index is 2.09. The molecule has 2 unspecified atom stereocenters. The van der Waals surface area contributed by atoms with Gasteiger partial charge in [0, 0.05) is 17.9 Å². The van der Waals surface area contributed by atoms with Crippen LogP contribution in [0.1, 0.15) is 57.6 Å². The molecule has 2 rings (SSSR count). The summed E-state index contributed by atoms with van der Waals surface area (Å²) in [6.07, 6.45) is 5.04. The van der Waals surface area contributed by atoms with E-state index in [1.165, 1.54) is 30.4 Å². The van der Waals surface area contributed by atoms with Crippen LogP contribution in [0.15, 0.2) is 18.2 Å². The fourth-order valence-corrected chi connectivity index (χ4v) is 3.80. The Labute approximate surface area is 130 Å². The second-order valence-corrected chi connectivity index (χ2v) is 6.56. The molecule has 0 radical (unpaired) electrons. The zero-order valence-corrected chi connectivity index (χ0v) is 14.3. The molecule has 0 spiro atoms. The summed E-state index contributed by atoms with van der Waals surface area (Å²) in [6.45, 7) is 12.2. The first-order chi connectivity index (χ1) is 10.1. The van der Waals surface area contributed by atoms with Gasteiger partial charge in [-0.15, -0.1) is 0 Å². The summed E-state index contributed by atoms with van der Waals surface area (Å²) in [6, 6.07) is 7.10. The van der Waals surface area contributed by atoms with Crippen LogP contribution in [0.2, 0.25) is 0 Å². The normalized spacial score (nSPS) is 23.7. The van der Waals surface area contributed by atoms with Crippen LogP contribution in [-0.4, -0.2) is 18.7 Å². The third-order valence-electron chi connectivity index (χ3n) is 5.34. The van der Waals surface area contributed by atoms with Crippen LogP contribution in [-0.2, 0) is 0 Å². The van der Waals surface area contributed by atoms with Gasteiger partial charge in [0.15, 0.2) is 0 Å². The smallest absolute Gasteiger partial charge is 0.122 e. The molecule has 118 valence electrons. The van der Waals surface area contributed by atoms with Crippen LogP contribution in [0.25, 0.3) is 0 Å². The Kier molecular flexibility index (Phi) is 5.32. The van der Waals surface area contributed by atoms with E-state index in [1.54, 1.807) is 0 Å². The molecule has 0 aliphatic heterocycles. The maximum atomic E-state index is 6.40. The Morgan fingerprint density at radius 3 is 2.48 bits per heavy atom. The zero-order chi connectivity index (χ0) is 15.5. The first kappa shape index (κ1) is 16.4. The Morgan fingerprint density at radius 1 is 1.19 bits per heavy atom.